The Morgan fingerprint density at radius 1 is 1.00 bits per heavy atom. The van der Waals surface area contributed by atoms with E-state index in [9.17, 15) is 13.2 Å². The van der Waals surface area contributed by atoms with Gasteiger partial charge >= 0.3 is 6.36 Å². The van der Waals surface area contributed by atoms with Crippen molar-refractivity contribution in [2.75, 3.05) is 26.4 Å². The average molecular weight is 531 g/mol. The molecule has 11 nitrogen and oxygen atoms in total. The van der Waals surface area contributed by atoms with Crippen LogP contribution in [0, 0.1) is 11.3 Å². The van der Waals surface area contributed by atoms with E-state index in [1.54, 1.807) is 23.3 Å². The van der Waals surface area contributed by atoms with Crippen LogP contribution < -0.4 is 14.8 Å². The van der Waals surface area contributed by atoms with Gasteiger partial charge in [0.15, 0.2) is 11.3 Å². The van der Waals surface area contributed by atoms with Crippen LogP contribution in [0.3, 0.4) is 0 Å². The summed E-state index contributed by atoms with van der Waals surface area (Å²) in [7, 11) is 0. The van der Waals surface area contributed by atoms with E-state index in [2.05, 4.69) is 35.7 Å². The molecule has 200 valence electrons. The van der Waals surface area contributed by atoms with E-state index in [-0.39, 0.29) is 12.2 Å². The molecule has 2 aromatic heterocycles. The second-order valence-corrected chi connectivity index (χ2v) is 8.23. The molecule has 0 unspecified atom stereocenters. The Hall–Kier alpha value is -4.22. The molecule has 0 saturated carbocycles. The van der Waals surface area contributed by atoms with Crippen molar-refractivity contribution >= 4 is 11.0 Å². The minimum atomic E-state index is -4.79. The second kappa shape index (κ2) is 12.8. The first-order chi connectivity index (χ1) is 18.4. The molecule has 4 aromatic rings. The molecule has 0 aliphatic carbocycles. The zero-order valence-electron chi connectivity index (χ0n) is 20.2. The van der Waals surface area contributed by atoms with E-state index in [1.807, 2.05) is 18.2 Å². The van der Waals surface area contributed by atoms with Gasteiger partial charge in [-0.2, -0.15) is 5.26 Å². The second-order valence-electron chi connectivity index (χ2n) is 8.23. The molecule has 0 atom stereocenters. The topological polar surface area (TPSA) is 136 Å². The third-order valence-corrected chi connectivity index (χ3v) is 5.35. The fraction of sp³-hybridized carbons (Fsp3) is 0.375. The number of nitrogens with zero attached hydrogens (tertiary/aromatic N) is 6. The van der Waals surface area contributed by atoms with Crippen LogP contribution in [0.15, 0.2) is 43.0 Å². The summed E-state index contributed by atoms with van der Waals surface area (Å²) in [6, 6.07) is 9.87. The van der Waals surface area contributed by atoms with Gasteiger partial charge in [0.05, 0.1) is 30.3 Å². The van der Waals surface area contributed by atoms with Gasteiger partial charge in [-0.15, -0.1) is 28.5 Å². The summed E-state index contributed by atoms with van der Waals surface area (Å²) >= 11 is 0. The summed E-state index contributed by atoms with van der Waals surface area (Å²) in [5, 5.41) is 30.4. The highest BCUT2D eigenvalue weighted by Gasteiger charge is 2.31. The smallest absolute Gasteiger partial charge is 0.489 e. The number of nitrogens with one attached hydrogen (secondary N) is 2. The van der Waals surface area contributed by atoms with E-state index in [0.717, 1.165) is 24.0 Å². The zero-order valence-corrected chi connectivity index (χ0v) is 20.2. The summed E-state index contributed by atoms with van der Waals surface area (Å²) in [6.45, 7) is 2.25. The predicted molar refractivity (Wildman–Crippen MR) is 129 cm³/mol. The molecule has 2 aromatic carbocycles. The van der Waals surface area contributed by atoms with E-state index >= 15 is 0 Å². The molecule has 0 bridgehead atoms. The molecule has 0 spiro atoms. The molecule has 2 N–H and O–H groups in total. The first kappa shape index (κ1) is 26.8. The number of halogens is 3. The Morgan fingerprint density at radius 2 is 1.82 bits per heavy atom. The first-order valence-electron chi connectivity index (χ1n) is 11.8. The highest BCUT2D eigenvalue weighted by atomic mass is 19.4. The Kier molecular flexibility index (Phi) is 9.07. The number of aromatic amines is 1. The maximum absolute atomic E-state index is 12.6. The number of hydrogen-bond acceptors (Lipinski definition) is 9. The zero-order chi connectivity index (χ0) is 26.8. The van der Waals surface area contributed by atoms with Gasteiger partial charge in [0.25, 0.3) is 0 Å². The van der Waals surface area contributed by atoms with E-state index < -0.39 is 6.36 Å². The van der Waals surface area contributed by atoms with Crippen LogP contribution >= 0.6 is 0 Å². The number of nitriles is 1. The van der Waals surface area contributed by atoms with Crippen LogP contribution in [0.5, 0.6) is 11.5 Å². The number of fused-ring (bicyclic) bond motifs is 1. The molecule has 0 amide bonds. The molecule has 38 heavy (non-hydrogen) atoms. The van der Waals surface area contributed by atoms with Crippen LogP contribution in [0.2, 0.25) is 0 Å². The summed E-state index contributed by atoms with van der Waals surface area (Å²) in [5.74, 6) is 0.239. The molecule has 0 radical (unpaired) electrons. The summed E-state index contributed by atoms with van der Waals surface area (Å²) in [4.78, 5) is 0. The Balaban J connectivity index is 1.14. The van der Waals surface area contributed by atoms with Gasteiger partial charge in [-0.1, -0.05) is 11.3 Å². The highest BCUT2D eigenvalue weighted by Crippen LogP contribution is 2.27. The first-order valence-corrected chi connectivity index (χ1v) is 11.8. The number of rotatable bonds is 14. The molecule has 2 heterocycles. The van der Waals surface area contributed by atoms with Crippen LogP contribution in [-0.4, -0.2) is 62.9 Å². The molecule has 0 aliphatic heterocycles. The van der Waals surface area contributed by atoms with Crippen molar-refractivity contribution < 1.29 is 27.4 Å². The molecule has 4 rings (SSSR count). The fourth-order valence-electron chi connectivity index (χ4n) is 3.72. The molecule has 0 aliphatic rings. The average Bonchev–Trinajstić information content (AvgIpc) is 3.56. The number of ether oxygens (including phenoxy) is 3. The summed E-state index contributed by atoms with van der Waals surface area (Å²) in [5.41, 5.74) is 3.22. The van der Waals surface area contributed by atoms with E-state index in [0.29, 0.717) is 55.3 Å². The van der Waals surface area contributed by atoms with Crippen LogP contribution in [-0.2, 0) is 17.7 Å². The lowest BCUT2D eigenvalue weighted by Crippen LogP contribution is -2.18. The van der Waals surface area contributed by atoms with E-state index in [1.165, 1.54) is 12.1 Å². The standard InChI is InChI=1S/C24H25F3N8O3/c25-24(26,27)38-20-10-17(3-4-28)9-18(11-20)14-29-5-1-2-6-36-7-8-37-22-13-19(35-15-30-31-16-35)12-21-23(22)33-34-32-21/h9-13,15-16,29H,1-3,5-8,14H2,(H,32,33,34). The molecular weight excluding hydrogens is 505 g/mol. The highest BCUT2D eigenvalue weighted by molar-refractivity contribution is 5.83. The largest absolute Gasteiger partial charge is 0.573 e. The third kappa shape index (κ3) is 7.89. The lowest BCUT2D eigenvalue weighted by atomic mass is 10.1. The summed E-state index contributed by atoms with van der Waals surface area (Å²) in [6.07, 6.45) is -0.0200. The fourth-order valence-corrected chi connectivity index (χ4v) is 3.72. The van der Waals surface area contributed by atoms with Crippen molar-refractivity contribution in [3.63, 3.8) is 0 Å². The summed E-state index contributed by atoms with van der Waals surface area (Å²) < 4.78 is 55.0. The van der Waals surface area contributed by atoms with Gasteiger partial charge in [-0.3, -0.25) is 9.67 Å². The van der Waals surface area contributed by atoms with Crippen molar-refractivity contribution in [2.24, 2.45) is 0 Å². The van der Waals surface area contributed by atoms with Gasteiger partial charge in [0, 0.05) is 19.2 Å². The van der Waals surface area contributed by atoms with Gasteiger partial charge in [-0.05, 0) is 48.7 Å². The number of H-pyrrole nitrogens is 1. The number of hydrogen-bond donors (Lipinski definition) is 2. The minimum Gasteiger partial charge on any atom is -0.489 e. The van der Waals surface area contributed by atoms with Crippen LogP contribution in [0.1, 0.15) is 24.0 Å². The maximum atomic E-state index is 12.6. The number of unbranched alkanes of at least 4 members (excludes halogenated alkanes) is 1. The quantitative estimate of drug-likeness (QED) is 0.235. The normalized spacial score (nSPS) is 11.5. The predicted octanol–water partition coefficient (Wildman–Crippen LogP) is 3.47. The third-order valence-electron chi connectivity index (χ3n) is 5.35. The van der Waals surface area contributed by atoms with Crippen LogP contribution in [0.25, 0.3) is 16.7 Å². The molecule has 14 heteroatoms. The molecular formula is C24H25F3N8O3. The minimum absolute atomic E-state index is 0.000102. The van der Waals surface area contributed by atoms with Crippen molar-refractivity contribution in [3.05, 3.63) is 54.1 Å². The number of benzene rings is 2. The van der Waals surface area contributed by atoms with Gasteiger partial charge in [0.2, 0.25) is 0 Å². The Bertz CT molecular complexity index is 1350. The number of aromatic nitrogens is 6. The maximum Gasteiger partial charge on any atom is 0.573 e. The van der Waals surface area contributed by atoms with Gasteiger partial charge in [-0.25, -0.2) is 0 Å². The van der Waals surface area contributed by atoms with Crippen molar-refractivity contribution in [3.8, 4) is 23.3 Å². The monoisotopic (exact) mass is 530 g/mol. The Labute approximate surface area is 215 Å². The van der Waals surface area contributed by atoms with Crippen molar-refractivity contribution in [1.29, 1.82) is 5.26 Å². The van der Waals surface area contributed by atoms with Gasteiger partial charge < -0.3 is 19.5 Å². The van der Waals surface area contributed by atoms with Crippen LogP contribution in [0.4, 0.5) is 13.2 Å². The Morgan fingerprint density at radius 3 is 2.61 bits per heavy atom. The van der Waals surface area contributed by atoms with Crippen molar-refractivity contribution in [2.45, 2.75) is 32.2 Å². The lowest BCUT2D eigenvalue weighted by Gasteiger charge is -2.12. The van der Waals surface area contributed by atoms with Gasteiger partial charge in [0.1, 0.15) is 25.0 Å². The molecule has 0 fully saturated rings. The van der Waals surface area contributed by atoms with Crippen molar-refractivity contribution in [1.82, 2.24) is 35.5 Å². The SMILES string of the molecule is N#CCc1cc(CNCCCCOCCOc2cc(-n3cnnc3)cc3[nH]nnc23)cc(OC(F)(F)F)c1. The van der Waals surface area contributed by atoms with E-state index in [4.69, 9.17) is 14.7 Å². The molecule has 0 saturated heterocycles. The number of alkyl halides is 3. The lowest BCUT2D eigenvalue weighted by molar-refractivity contribution is -0.274.